The van der Waals surface area contributed by atoms with Crippen molar-refractivity contribution < 1.29 is 9.90 Å². The van der Waals surface area contributed by atoms with Gasteiger partial charge in [0.25, 0.3) is 0 Å². The van der Waals surface area contributed by atoms with Gasteiger partial charge in [0.1, 0.15) is 0 Å². The fraction of sp³-hybridized carbons (Fsp3) is 0.381. The lowest BCUT2D eigenvalue weighted by Gasteiger charge is -2.37. The topological polar surface area (TPSA) is 52.6 Å². The number of amides is 1. The number of hydrogen-bond acceptors (Lipinski definition) is 2. The molecule has 1 heterocycles. The van der Waals surface area contributed by atoms with Crippen molar-refractivity contribution in [2.24, 2.45) is 0 Å². The van der Waals surface area contributed by atoms with Gasteiger partial charge in [-0.2, -0.15) is 0 Å². The monoisotopic (exact) mass is 338 g/mol. The van der Waals surface area contributed by atoms with Gasteiger partial charge in [-0.1, -0.05) is 67.1 Å². The van der Waals surface area contributed by atoms with Gasteiger partial charge in [0.2, 0.25) is 0 Å². The highest BCUT2D eigenvalue weighted by Gasteiger charge is 2.27. The van der Waals surface area contributed by atoms with Gasteiger partial charge in [0.05, 0.1) is 6.04 Å². The first-order valence-electron chi connectivity index (χ1n) is 9.07. The highest BCUT2D eigenvalue weighted by atomic mass is 16.4. The van der Waals surface area contributed by atoms with Crippen molar-refractivity contribution in [3.8, 4) is 0 Å². The van der Waals surface area contributed by atoms with Crippen molar-refractivity contribution in [1.29, 1.82) is 0 Å². The average Bonchev–Trinajstić information content (AvgIpc) is 2.67. The van der Waals surface area contributed by atoms with E-state index in [1.807, 2.05) is 36.4 Å². The summed E-state index contributed by atoms with van der Waals surface area (Å²) in [5, 5.41) is 12.0. The van der Waals surface area contributed by atoms with Crippen LogP contribution in [0, 0.1) is 0 Å². The Morgan fingerprint density at radius 1 is 0.920 bits per heavy atom. The summed E-state index contributed by atoms with van der Waals surface area (Å²) in [6, 6.07) is 20.4. The molecule has 1 saturated heterocycles. The summed E-state index contributed by atoms with van der Waals surface area (Å²) in [5.41, 5.74) is 2.28. The largest absolute Gasteiger partial charge is 0.465 e. The lowest BCUT2D eigenvalue weighted by Crippen LogP contribution is -2.37. The molecule has 25 heavy (non-hydrogen) atoms. The van der Waals surface area contributed by atoms with Gasteiger partial charge >= 0.3 is 6.09 Å². The Morgan fingerprint density at radius 3 is 2.04 bits per heavy atom. The van der Waals surface area contributed by atoms with Crippen LogP contribution >= 0.6 is 0 Å². The maximum Gasteiger partial charge on any atom is 0.405 e. The molecule has 0 aliphatic carbocycles. The van der Waals surface area contributed by atoms with E-state index >= 15 is 0 Å². The van der Waals surface area contributed by atoms with Crippen LogP contribution in [0.15, 0.2) is 60.7 Å². The van der Waals surface area contributed by atoms with Crippen LogP contribution in [0.4, 0.5) is 4.79 Å². The fourth-order valence-electron chi connectivity index (χ4n) is 3.74. The second-order valence-corrected chi connectivity index (χ2v) is 6.67. The predicted octanol–water partition coefficient (Wildman–Crippen LogP) is 4.61. The maximum atomic E-state index is 11.4. The first-order valence-corrected chi connectivity index (χ1v) is 9.07. The summed E-state index contributed by atoms with van der Waals surface area (Å²) in [6.07, 6.45) is 3.48. The van der Waals surface area contributed by atoms with Gasteiger partial charge in [-0.05, 0) is 43.5 Å². The van der Waals surface area contributed by atoms with Gasteiger partial charge in [0, 0.05) is 6.04 Å². The van der Waals surface area contributed by atoms with Crippen molar-refractivity contribution in [3.63, 3.8) is 0 Å². The third kappa shape index (κ3) is 4.83. The van der Waals surface area contributed by atoms with Crippen LogP contribution in [0.2, 0.25) is 0 Å². The molecule has 1 fully saturated rings. The predicted molar refractivity (Wildman–Crippen MR) is 99.6 cm³/mol. The van der Waals surface area contributed by atoms with Crippen LogP contribution in [-0.4, -0.2) is 29.2 Å². The molecule has 0 radical (unpaired) electrons. The molecule has 2 aromatic rings. The second kappa shape index (κ2) is 8.67. The molecule has 0 aromatic heterocycles. The van der Waals surface area contributed by atoms with Crippen molar-refractivity contribution in [1.82, 2.24) is 10.2 Å². The molecule has 3 rings (SSSR count). The molecule has 4 nitrogen and oxygen atoms in total. The SMILES string of the molecule is O=C(O)NC(CC(c1ccccc1)N1CCCCC1)c1ccccc1. The summed E-state index contributed by atoms with van der Waals surface area (Å²) in [7, 11) is 0. The number of piperidine rings is 1. The van der Waals surface area contributed by atoms with E-state index in [4.69, 9.17) is 0 Å². The Kier molecular flexibility index (Phi) is 6.07. The molecule has 132 valence electrons. The zero-order valence-electron chi connectivity index (χ0n) is 14.5. The van der Waals surface area contributed by atoms with E-state index < -0.39 is 6.09 Å². The molecular formula is C21H26N2O2. The van der Waals surface area contributed by atoms with Gasteiger partial charge < -0.3 is 10.4 Å². The van der Waals surface area contributed by atoms with Gasteiger partial charge in [-0.3, -0.25) is 4.90 Å². The lowest BCUT2D eigenvalue weighted by molar-refractivity contribution is 0.141. The zero-order valence-corrected chi connectivity index (χ0v) is 14.5. The number of carbonyl (C=O) groups is 1. The quantitative estimate of drug-likeness (QED) is 0.808. The highest BCUT2D eigenvalue weighted by Crippen LogP contribution is 2.33. The number of rotatable bonds is 6. The summed E-state index contributed by atoms with van der Waals surface area (Å²) < 4.78 is 0. The second-order valence-electron chi connectivity index (χ2n) is 6.67. The van der Waals surface area contributed by atoms with Crippen LogP contribution in [0.3, 0.4) is 0 Å². The van der Waals surface area contributed by atoms with E-state index in [-0.39, 0.29) is 12.1 Å². The molecule has 1 aliphatic rings. The summed E-state index contributed by atoms with van der Waals surface area (Å²) in [4.78, 5) is 13.9. The maximum absolute atomic E-state index is 11.4. The van der Waals surface area contributed by atoms with E-state index in [1.54, 1.807) is 0 Å². The molecular weight excluding hydrogens is 312 g/mol. The molecule has 1 amide bonds. The van der Waals surface area contributed by atoms with Gasteiger partial charge in [0.15, 0.2) is 0 Å². The van der Waals surface area contributed by atoms with Crippen molar-refractivity contribution in [2.45, 2.75) is 37.8 Å². The number of nitrogens with one attached hydrogen (secondary N) is 1. The number of likely N-dealkylation sites (tertiary alicyclic amines) is 1. The number of hydrogen-bond donors (Lipinski definition) is 2. The summed E-state index contributed by atoms with van der Waals surface area (Å²) in [5.74, 6) is 0. The van der Waals surface area contributed by atoms with E-state index in [0.717, 1.165) is 25.1 Å². The Hall–Kier alpha value is -2.33. The normalized spacial score (nSPS) is 17.6. The minimum absolute atomic E-state index is 0.217. The van der Waals surface area contributed by atoms with E-state index in [9.17, 15) is 9.90 Å². The van der Waals surface area contributed by atoms with Crippen LogP contribution in [-0.2, 0) is 0 Å². The molecule has 2 aromatic carbocycles. The molecule has 4 heteroatoms. The van der Waals surface area contributed by atoms with Crippen LogP contribution in [0.25, 0.3) is 0 Å². The average molecular weight is 338 g/mol. The fourth-order valence-corrected chi connectivity index (χ4v) is 3.74. The van der Waals surface area contributed by atoms with Gasteiger partial charge in [-0.25, -0.2) is 4.79 Å². The molecule has 2 N–H and O–H groups in total. The summed E-state index contributed by atoms with van der Waals surface area (Å²) in [6.45, 7) is 2.16. The van der Waals surface area contributed by atoms with E-state index in [2.05, 4.69) is 34.5 Å². The number of carboxylic acid groups (broad SMARTS) is 1. The van der Waals surface area contributed by atoms with Crippen molar-refractivity contribution in [2.75, 3.05) is 13.1 Å². The molecule has 1 aliphatic heterocycles. The van der Waals surface area contributed by atoms with Crippen LogP contribution < -0.4 is 5.32 Å². The summed E-state index contributed by atoms with van der Waals surface area (Å²) >= 11 is 0. The van der Waals surface area contributed by atoms with Crippen molar-refractivity contribution >= 4 is 6.09 Å². The van der Waals surface area contributed by atoms with Gasteiger partial charge in [-0.15, -0.1) is 0 Å². The number of benzene rings is 2. The van der Waals surface area contributed by atoms with Crippen LogP contribution in [0.1, 0.15) is 48.9 Å². The van der Waals surface area contributed by atoms with E-state index in [1.165, 1.54) is 24.8 Å². The number of nitrogens with zero attached hydrogens (tertiary/aromatic N) is 1. The van der Waals surface area contributed by atoms with Crippen molar-refractivity contribution in [3.05, 3.63) is 71.8 Å². The molecule has 0 spiro atoms. The lowest BCUT2D eigenvalue weighted by atomic mass is 9.92. The standard InChI is InChI=1S/C21H26N2O2/c24-21(25)22-19(17-10-4-1-5-11-17)16-20(18-12-6-2-7-13-18)23-14-8-3-9-15-23/h1-2,4-7,10-13,19-20,22H,3,8-9,14-16H2,(H,24,25). The Balaban J connectivity index is 1.86. The first kappa shape index (κ1) is 17.5. The molecule has 2 atom stereocenters. The molecule has 0 bridgehead atoms. The first-order chi connectivity index (χ1) is 12.2. The zero-order chi connectivity index (χ0) is 17.5. The molecule has 0 saturated carbocycles. The Morgan fingerprint density at radius 2 is 1.48 bits per heavy atom. The Labute approximate surface area is 149 Å². The minimum atomic E-state index is -0.973. The van der Waals surface area contributed by atoms with Crippen LogP contribution in [0.5, 0.6) is 0 Å². The smallest absolute Gasteiger partial charge is 0.405 e. The minimum Gasteiger partial charge on any atom is -0.465 e. The molecule has 2 unspecified atom stereocenters. The Bertz CT molecular complexity index is 654. The highest BCUT2D eigenvalue weighted by molar-refractivity contribution is 5.65. The third-order valence-electron chi connectivity index (χ3n) is 4.97. The third-order valence-corrected chi connectivity index (χ3v) is 4.97. The van der Waals surface area contributed by atoms with E-state index in [0.29, 0.717) is 0 Å².